The number of aliphatic hydroxyl groups excluding tert-OH is 1. The van der Waals surface area contributed by atoms with Crippen LogP contribution in [0.15, 0.2) is 54.6 Å². The summed E-state index contributed by atoms with van der Waals surface area (Å²) in [5.74, 6) is -2.84. The monoisotopic (exact) mass is 560 g/mol. The van der Waals surface area contributed by atoms with Gasteiger partial charge in [0, 0.05) is 12.8 Å². The summed E-state index contributed by atoms with van der Waals surface area (Å²) in [6, 6.07) is 9.93. The Morgan fingerprint density at radius 1 is 0.846 bits per heavy atom. The molecule has 5 unspecified atom stereocenters. The highest BCUT2D eigenvalue weighted by atomic mass is 32.2. The number of phenols is 1. The van der Waals surface area contributed by atoms with Crippen molar-refractivity contribution in [1.82, 2.24) is 16.0 Å². The van der Waals surface area contributed by atoms with E-state index in [0.29, 0.717) is 17.7 Å². The molecule has 8 N–H and O–H groups in total. The topological polar surface area (TPSA) is 191 Å². The molecule has 0 saturated carbocycles. The quantitative estimate of drug-likeness (QED) is 0.159. The molecule has 0 bridgehead atoms. The van der Waals surface area contributed by atoms with Crippen molar-refractivity contribution in [3.05, 3.63) is 65.7 Å². The number of aliphatic hydroxyl groups is 1. The van der Waals surface area contributed by atoms with Gasteiger partial charge >= 0.3 is 5.97 Å². The molecule has 39 heavy (non-hydrogen) atoms. The molecule has 0 aliphatic rings. The summed E-state index contributed by atoms with van der Waals surface area (Å²) in [7, 11) is 0. The van der Waals surface area contributed by atoms with E-state index in [1.54, 1.807) is 30.3 Å². The molecule has 5 atom stereocenters. The largest absolute Gasteiger partial charge is 0.508 e. The number of rotatable bonds is 15. The molecule has 0 spiro atoms. The van der Waals surface area contributed by atoms with E-state index < -0.39 is 54.0 Å². The molecule has 212 valence electrons. The molecule has 0 aromatic heterocycles. The van der Waals surface area contributed by atoms with Gasteiger partial charge in [-0.2, -0.15) is 11.8 Å². The summed E-state index contributed by atoms with van der Waals surface area (Å²) in [6.07, 6.45) is 0.914. The van der Waals surface area contributed by atoms with Gasteiger partial charge in [0.15, 0.2) is 0 Å². The smallest absolute Gasteiger partial charge is 0.326 e. The van der Waals surface area contributed by atoms with E-state index in [4.69, 9.17) is 5.73 Å². The van der Waals surface area contributed by atoms with Crippen molar-refractivity contribution in [3.63, 3.8) is 0 Å². The number of aromatic hydroxyl groups is 1. The lowest BCUT2D eigenvalue weighted by atomic mass is 10.0. The lowest BCUT2D eigenvalue weighted by Crippen LogP contribution is -2.60. The van der Waals surface area contributed by atoms with Gasteiger partial charge in [0.05, 0.1) is 12.1 Å². The predicted molar refractivity (Wildman–Crippen MR) is 148 cm³/mol. The SMILES string of the molecule is CSCCC(N)C(=O)NC(Cc1ccccc1)C(=O)NC(C(=O)NC(Cc1ccc(O)cc1)C(=O)O)C(C)O. The molecule has 0 saturated heterocycles. The van der Waals surface area contributed by atoms with Crippen LogP contribution in [0.1, 0.15) is 24.5 Å². The van der Waals surface area contributed by atoms with Crippen molar-refractivity contribution in [2.75, 3.05) is 12.0 Å². The predicted octanol–water partition coefficient (Wildman–Crippen LogP) is 0.178. The Morgan fingerprint density at radius 2 is 1.41 bits per heavy atom. The first-order chi connectivity index (χ1) is 18.5. The lowest BCUT2D eigenvalue weighted by Gasteiger charge is -2.26. The molecule has 0 aliphatic carbocycles. The summed E-state index contributed by atoms with van der Waals surface area (Å²) < 4.78 is 0. The Bertz CT molecular complexity index is 1100. The zero-order valence-electron chi connectivity index (χ0n) is 21.9. The Balaban J connectivity index is 2.17. The number of carboxylic acid groups (broad SMARTS) is 1. The standard InChI is InChI=1S/C27H36N4O7S/c1-16(32)23(26(36)30-22(27(37)38)15-18-8-10-19(33)11-9-18)31-25(35)21(14-17-6-4-3-5-7-17)29-24(34)20(28)12-13-39-2/h3-11,16,20-23,32-33H,12-15,28H2,1-2H3,(H,29,34)(H,30,36)(H,31,35)(H,37,38). The van der Waals surface area contributed by atoms with E-state index >= 15 is 0 Å². The van der Waals surface area contributed by atoms with Gasteiger partial charge in [-0.05, 0) is 48.6 Å². The van der Waals surface area contributed by atoms with E-state index in [2.05, 4.69) is 16.0 Å². The molecule has 12 heteroatoms. The van der Waals surface area contributed by atoms with Gasteiger partial charge in [0.25, 0.3) is 0 Å². The molecular weight excluding hydrogens is 524 g/mol. The van der Waals surface area contributed by atoms with Crippen molar-refractivity contribution < 1.29 is 34.5 Å². The van der Waals surface area contributed by atoms with Crippen LogP contribution in [-0.4, -0.2) is 81.3 Å². The highest BCUT2D eigenvalue weighted by molar-refractivity contribution is 7.98. The molecule has 0 fully saturated rings. The first kappa shape index (κ1) is 31.6. The van der Waals surface area contributed by atoms with Gasteiger partial charge in [0.2, 0.25) is 17.7 Å². The second-order valence-corrected chi connectivity index (χ2v) is 10.1. The maximum absolute atomic E-state index is 13.3. The molecule has 0 heterocycles. The van der Waals surface area contributed by atoms with Gasteiger partial charge < -0.3 is 37.0 Å². The van der Waals surface area contributed by atoms with E-state index in [9.17, 15) is 34.5 Å². The molecule has 0 aliphatic heterocycles. The van der Waals surface area contributed by atoms with Crippen LogP contribution in [0, 0.1) is 0 Å². The number of carbonyl (C=O) groups is 4. The minimum atomic E-state index is -1.50. The number of amides is 3. The minimum absolute atomic E-state index is 0.00824. The van der Waals surface area contributed by atoms with Crippen LogP contribution in [-0.2, 0) is 32.0 Å². The molecule has 11 nitrogen and oxygen atoms in total. The molecule has 0 radical (unpaired) electrons. The Morgan fingerprint density at radius 3 is 1.97 bits per heavy atom. The normalized spacial score (nSPS) is 14.8. The second-order valence-electron chi connectivity index (χ2n) is 9.14. The average Bonchev–Trinajstić information content (AvgIpc) is 2.90. The fourth-order valence-corrected chi connectivity index (χ4v) is 4.19. The number of benzene rings is 2. The number of hydrogen-bond donors (Lipinski definition) is 7. The van der Waals surface area contributed by atoms with Crippen LogP contribution < -0.4 is 21.7 Å². The molecular formula is C27H36N4O7S. The van der Waals surface area contributed by atoms with Crippen molar-refractivity contribution in [2.45, 2.75) is 56.5 Å². The lowest BCUT2D eigenvalue weighted by molar-refractivity contribution is -0.143. The van der Waals surface area contributed by atoms with E-state index in [-0.39, 0.29) is 18.6 Å². The van der Waals surface area contributed by atoms with Gasteiger partial charge in [0.1, 0.15) is 23.9 Å². The number of carboxylic acids is 1. The summed E-state index contributed by atoms with van der Waals surface area (Å²) in [5, 5.41) is 36.8. The number of nitrogens with two attached hydrogens (primary N) is 1. The first-order valence-corrected chi connectivity index (χ1v) is 13.8. The first-order valence-electron chi connectivity index (χ1n) is 12.4. The third kappa shape index (κ3) is 10.6. The molecule has 3 amide bonds. The van der Waals surface area contributed by atoms with Crippen LogP contribution in [0.2, 0.25) is 0 Å². The molecule has 2 rings (SSSR count). The summed E-state index contributed by atoms with van der Waals surface area (Å²) in [5.41, 5.74) is 7.25. The van der Waals surface area contributed by atoms with Gasteiger partial charge in [-0.25, -0.2) is 4.79 Å². The van der Waals surface area contributed by atoms with Crippen molar-refractivity contribution in [1.29, 1.82) is 0 Å². The molecule has 2 aromatic carbocycles. The van der Waals surface area contributed by atoms with E-state index in [1.165, 1.54) is 43.0 Å². The number of carbonyl (C=O) groups excluding carboxylic acids is 3. The Kier molecular flexibility index (Phi) is 12.7. The van der Waals surface area contributed by atoms with Crippen molar-refractivity contribution in [2.24, 2.45) is 5.73 Å². The van der Waals surface area contributed by atoms with Crippen LogP contribution in [0.3, 0.4) is 0 Å². The summed E-state index contributed by atoms with van der Waals surface area (Å²) in [4.78, 5) is 50.8. The van der Waals surface area contributed by atoms with E-state index in [0.717, 1.165) is 5.56 Å². The van der Waals surface area contributed by atoms with Gasteiger partial charge in [-0.15, -0.1) is 0 Å². The van der Waals surface area contributed by atoms with E-state index in [1.807, 2.05) is 6.26 Å². The third-order valence-electron chi connectivity index (χ3n) is 5.94. The van der Waals surface area contributed by atoms with Gasteiger partial charge in [-0.1, -0.05) is 42.5 Å². The Labute approximate surface area is 231 Å². The Hall–Kier alpha value is -3.61. The van der Waals surface area contributed by atoms with Crippen LogP contribution in [0.5, 0.6) is 5.75 Å². The minimum Gasteiger partial charge on any atom is -0.508 e. The summed E-state index contributed by atoms with van der Waals surface area (Å²) >= 11 is 1.53. The second kappa shape index (κ2) is 15.7. The number of nitrogens with one attached hydrogen (secondary N) is 3. The fourth-order valence-electron chi connectivity index (χ4n) is 3.70. The maximum atomic E-state index is 13.3. The summed E-state index contributed by atoms with van der Waals surface area (Å²) in [6.45, 7) is 1.28. The third-order valence-corrected chi connectivity index (χ3v) is 6.58. The zero-order chi connectivity index (χ0) is 28.9. The van der Waals surface area contributed by atoms with Crippen molar-refractivity contribution >= 4 is 35.5 Å². The van der Waals surface area contributed by atoms with Crippen LogP contribution >= 0.6 is 11.8 Å². The van der Waals surface area contributed by atoms with Gasteiger partial charge in [-0.3, -0.25) is 14.4 Å². The van der Waals surface area contributed by atoms with Crippen LogP contribution in [0.4, 0.5) is 0 Å². The maximum Gasteiger partial charge on any atom is 0.326 e. The molecule has 2 aromatic rings. The number of phenolic OH excluding ortho intramolecular Hbond substituents is 1. The average molecular weight is 561 g/mol. The highest BCUT2D eigenvalue weighted by Gasteiger charge is 2.33. The van der Waals surface area contributed by atoms with Crippen molar-refractivity contribution in [3.8, 4) is 5.75 Å². The fraction of sp³-hybridized carbons (Fsp3) is 0.407. The number of thioether (sulfide) groups is 1. The highest BCUT2D eigenvalue weighted by Crippen LogP contribution is 2.12. The number of hydrogen-bond acceptors (Lipinski definition) is 8. The number of aliphatic carboxylic acids is 1. The zero-order valence-corrected chi connectivity index (χ0v) is 22.7. The van der Waals surface area contributed by atoms with Crippen LogP contribution in [0.25, 0.3) is 0 Å².